The molecule has 0 aromatic heterocycles. The molecule has 0 heterocycles. The average molecular weight is 289 g/mol. The summed E-state index contributed by atoms with van der Waals surface area (Å²) in [6.07, 6.45) is 3.74. The Balaban J connectivity index is 2.88. The average Bonchev–Trinajstić information content (AvgIpc) is 2.29. The summed E-state index contributed by atoms with van der Waals surface area (Å²) < 4.78 is 25.2. The third-order valence-corrected chi connectivity index (χ3v) is 6.62. The van der Waals surface area contributed by atoms with Crippen LogP contribution in [0.2, 0.25) is 0 Å². The lowest BCUT2D eigenvalue weighted by molar-refractivity contribution is 0.172. The lowest BCUT2D eigenvalue weighted by Crippen LogP contribution is -2.55. The van der Waals surface area contributed by atoms with E-state index in [0.717, 1.165) is 32.2 Å². The minimum Gasteiger partial charge on any atom is -0.312 e. The number of hydrogen-bond acceptors (Lipinski definition) is 3. The summed E-state index contributed by atoms with van der Waals surface area (Å²) in [5, 5.41) is 3.24. The van der Waals surface area contributed by atoms with Crippen molar-refractivity contribution in [1.82, 2.24) is 5.32 Å². The van der Waals surface area contributed by atoms with E-state index in [4.69, 9.17) is 0 Å². The van der Waals surface area contributed by atoms with E-state index in [9.17, 15) is 8.42 Å². The van der Waals surface area contributed by atoms with E-state index in [2.05, 4.69) is 39.9 Å². The second kappa shape index (κ2) is 6.57. The number of hydrogen-bond donors (Lipinski definition) is 1. The van der Waals surface area contributed by atoms with Crippen LogP contribution in [-0.4, -0.2) is 32.0 Å². The van der Waals surface area contributed by atoms with E-state index in [-0.39, 0.29) is 16.7 Å². The molecule has 0 bridgehead atoms. The van der Waals surface area contributed by atoms with Gasteiger partial charge in [-0.05, 0) is 37.1 Å². The van der Waals surface area contributed by atoms with Crippen LogP contribution < -0.4 is 5.32 Å². The monoisotopic (exact) mass is 289 g/mol. The van der Waals surface area contributed by atoms with Gasteiger partial charge in [0.25, 0.3) is 0 Å². The third kappa shape index (κ3) is 4.45. The van der Waals surface area contributed by atoms with Crippen molar-refractivity contribution < 1.29 is 8.42 Å². The highest BCUT2D eigenvalue weighted by molar-refractivity contribution is 7.92. The van der Waals surface area contributed by atoms with Gasteiger partial charge in [0.15, 0.2) is 9.84 Å². The molecule has 1 aliphatic rings. The van der Waals surface area contributed by atoms with Crippen LogP contribution in [0.4, 0.5) is 0 Å². The third-order valence-electron chi connectivity index (χ3n) is 4.39. The smallest absolute Gasteiger partial charge is 0.154 e. The zero-order valence-electron chi connectivity index (χ0n) is 13.2. The van der Waals surface area contributed by atoms with Crippen LogP contribution in [0, 0.1) is 11.3 Å². The molecule has 0 aromatic carbocycles. The molecule has 0 radical (unpaired) electrons. The van der Waals surface area contributed by atoms with E-state index < -0.39 is 9.84 Å². The summed E-state index contributed by atoms with van der Waals surface area (Å²) >= 11 is 0. The van der Waals surface area contributed by atoms with Crippen molar-refractivity contribution in [2.24, 2.45) is 11.3 Å². The first kappa shape index (κ1) is 17.0. The van der Waals surface area contributed by atoms with Crippen LogP contribution >= 0.6 is 0 Å². The lowest BCUT2D eigenvalue weighted by atomic mass is 9.73. The summed E-state index contributed by atoms with van der Waals surface area (Å²) in [7, 11) is -2.98. The Morgan fingerprint density at radius 1 is 1.32 bits per heavy atom. The van der Waals surface area contributed by atoms with Gasteiger partial charge in [0.05, 0.1) is 11.0 Å². The van der Waals surface area contributed by atoms with E-state index in [1.54, 1.807) is 0 Å². The van der Waals surface area contributed by atoms with Gasteiger partial charge in [-0.3, -0.25) is 0 Å². The predicted molar refractivity (Wildman–Crippen MR) is 82.1 cm³/mol. The molecule has 1 rings (SSSR count). The van der Waals surface area contributed by atoms with Crippen molar-refractivity contribution >= 4 is 9.84 Å². The molecule has 0 aromatic rings. The Kier molecular flexibility index (Phi) is 5.87. The summed E-state index contributed by atoms with van der Waals surface area (Å²) in [4.78, 5) is 0. The van der Waals surface area contributed by atoms with Gasteiger partial charge >= 0.3 is 0 Å². The van der Waals surface area contributed by atoms with Gasteiger partial charge < -0.3 is 5.32 Å². The summed E-state index contributed by atoms with van der Waals surface area (Å²) in [5.41, 5.74) is 0.0732. The van der Waals surface area contributed by atoms with Crippen LogP contribution in [0.1, 0.15) is 60.3 Å². The van der Waals surface area contributed by atoms with Crippen molar-refractivity contribution in [3.05, 3.63) is 0 Å². The number of rotatable bonds is 6. The van der Waals surface area contributed by atoms with Crippen molar-refractivity contribution in [3.8, 4) is 0 Å². The van der Waals surface area contributed by atoms with E-state index in [1.165, 1.54) is 0 Å². The van der Waals surface area contributed by atoms with Crippen molar-refractivity contribution in [2.75, 3.05) is 12.3 Å². The molecule has 1 aliphatic carbocycles. The standard InChI is InChI=1S/C15H31NO2S/c1-6-16-14-13(8-7-10-15(14,4)5)19(17,18)11-9-12(2)3/h12-14,16H,6-11H2,1-5H3. The first-order valence-corrected chi connectivity index (χ1v) is 9.37. The fourth-order valence-corrected chi connectivity index (χ4v) is 5.66. The van der Waals surface area contributed by atoms with Gasteiger partial charge in [-0.15, -0.1) is 0 Å². The second-order valence-electron chi connectivity index (χ2n) is 7.00. The normalized spacial score (nSPS) is 27.7. The molecule has 114 valence electrons. The lowest BCUT2D eigenvalue weighted by Gasteiger charge is -2.44. The van der Waals surface area contributed by atoms with Gasteiger partial charge in [-0.2, -0.15) is 0 Å². The molecule has 4 heteroatoms. The molecule has 1 fully saturated rings. The fourth-order valence-electron chi connectivity index (χ4n) is 3.15. The van der Waals surface area contributed by atoms with Crippen LogP contribution in [0.3, 0.4) is 0 Å². The van der Waals surface area contributed by atoms with Crippen LogP contribution in [0.5, 0.6) is 0 Å². The SMILES string of the molecule is CCNC1C(S(=O)(=O)CCC(C)C)CCCC1(C)C. The Morgan fingerprint density at radius 3 is 2.47 bits per heavy atom. The van der Waals surface area contributed by atoms with Gasteiger partial charge in [0.1, 0.15) is 0 Å². The molecular weight excluding hydrogens is 258 g/mol. The minimum atomic E-state index is -2.98. The number of sulfone groups is 1. The predicted octanol–water partition coefficient (Wildman–Crippen LogP) is 3.00. The first-order valence-electron chi connectivity index (χ1n) is 7.65. The van der Waals surface area contributed by atoms with E-state index in [0.29, 0.717) is 11.7 Å². The molecule has 0 amide bonds. The highest BCUT2D eigenvalue weighted by Crippen LogP contribution is 2.38. The highest BCUT2D eigenvalue weighted by Gasteiger charge is 2.44. The maximum Gasteiger partial charge on any atom is 0.154 e. The summed E-state index contributed by atoms with van der Waals surface area (Å²) in [6.45, 7) is 11.5. The van der Waals surface area contributed by atoms with Gasteiger partial charge in [0, 0.05) is 6.04 Å². The fraction of sp³-hybridized carbons (Fsp3) is 1.00. The second-order valence-corrected chi connectivity index (χ2v) is 9.34. The molecule has 3 nitrogen and oxygen atoms in total. The molecule has 1 saturated carbocycles. The largest absolute Gasteiger partial charge is 0.312 e. The molecule has 0 aliphatic heterocycles. The van der Waals surface area contributed by atoms with Crippen molar-refractivity contribution in [2.45, 2.75) is 71.6 Å². The molecule has 19 heavy (non-hydrogen) atoms. The highest BCUT2D eigenvalue weighted by atomic mass is 32.2. The molecule has 2 atom stereocenters. The number of nitrogens with one attached hydrogen (secondary N) is 1. The Hall–Kier alpha value is -0.0900. The molecular formula is C15H31NO2S. The van der Waals surface area contributed by atoms with Gasteiger partial charge in [-0.25, -0.2) is 8.42 Å². The Morgan fingerprint density at radius 2 is 1.95 bits per heavy atom. The van der Waals surface area contributed by atoms with Gasteiger partial charge in [0.2, 0.25) is 0 Å². The molecule has 1 N–H and O–H groups in total. The maximum atomic E-state index is 12.6. The van der Waals surface area contributed by atoms with Crippen LogP contribution in [0.15, 0.2) is 0 Å². The van der Waals surface area contributed by atoms with Crippen molar-refractivity contribution in [3.63, 3.8) is 0 Å². The Labute approximate surface area is 119 Å². The molecule has 0 saturated heterocycles. The maximum absolute atomic E-state index is 12.6. The zero-order chi connectivity index (χ0) is 14.7. The quantitative estimate of drug-likeness (QED) is 0.817. The van der Waals surface area contributed by atoms with Crippen LogP contribution in [-0.2, 0) is 9.84 Å². The minimum absolute atomic E-state index is 0.0732. The molecule has 2 unspecified atom stereocenters. The van der Waals surface area contributed by atoms with Crippen molar-refractivity contribution in [1.29, 1.82) is 0 Å². The zero-order valence-corrected chi connectivity index (χ0v) is 14.0. The van der Waals surface area contributed by atoms with E-state index in [1.807, 2.05) is 0 Å². The van der Waals surface area contributed by atoms with Gasteiger partial charge in [-0.1, -0.05) is 41.0 Å². The molecule has 0 spiro atoms. The summed E-state index contributed by atoms with van der Waals surface area (Å²) in [5.74, 6) is 0.789. The van der Waals surface area contributed by atoms with Crippen LogP contribution in [0.25, 0.3) is 0 Å². The topological polar surface area (TPSA) is 46.2 Å². The van der Waals surface area contributed by atoms with E-state index >= 15 is 0 Å². The summed E-state index contributed by atoms with van der Waals surface area (Å²) in [6, 6.07) is 0.100. The Bertz CT molecular complexity index is 374. The first-order chi connectivity index (χ1) is 8.70.